The van der Waals surface area contributed by atoms with Crippen LogP contribution >= 0.6 is 0 Å². The molecule has 1 heterocycles. The van der Waals surface area contributed by atoms with Gasteiger partial charge in [-0.1, -0.05) is 19.3 Å². The lowest BCUT2D eigenvalue weighted by atomic mass is 9.88. The smallest absolute Gasteiger partial charge is 0.290 e. The Balaban J connectivity index is 2.26. The maximum atomic E-state index is 12.5. The fourth-order valence-electron chi connectivity index (χ4n) is 2.46. The highest BCUT2D eigenvalue weighted by Gasteiger charge is 2.31. The van der Waals surface area contributed by atoms with Crippen LogP contribution in [0.3, 0.4) is 0 Å². The van der Waals surface area contributed by atoms with Gasteiger partial charge in [0.15, 0.2) is 0 Å². The van der Waals surface area contributed by atoms with Crippen LogP contribution in [0, 0.1) is 16.7 Å². The minimum atomic E-state index is -4.44. The van der Waals surface area contributed by atoms with Gasteiger partial charge in [-0.2, -0.15) is 13.2 Å². The van der Waals surface area contributed by atoms with Gasteiger partial charge < -0.3 is 0 Å². The highest BCUT2D eigenvalue weighted by atomic mass is 19.4. The maximum absolute atomic E-state index is 12.5. The number of rotatable bonds is 1. The normalized spacial score (nSPS) is 17.4. The molecule has 0 aromatic carbocycles. The monoisotopic (exact) mass is 271 g/mol. The first kappa shape index (κ1) is 13.8. The Morgan fingerprint density at radius 3 is 2.37 bits per heavy atom. The van der Waals surface area contributed by atoms with E-state index in [1.54, 1.807) is 0 Å². The number of pyridine rings is 1. The van der Waals surface area contributed by atoms with Crippen molar-refractivity contribution in [1.82, 2.24) is 4.57 Å². The van der Waals surface area contributed by atoms with Crippen LogP contribution in [0.4, 0.5) is 13.2 Å². The molecule has 0 atom stereocenters. The Morgan fingerprint density at radius 2 is 1.84 bits per heavy atom. The summed E-state index contributed by atoms with van der Waals surface area (Å²) in [5, 5.41) is 15.7. The second-order valence-corrected chi connectivity index (χ2v) is 4.89. The van der Waals surface area contributed by atoms with Crippen molar-refractivity contribution >= 4 is 5.84 Å². The molecule has 1 fully saturated rings. The summed E-state index contributed by atoms with van der Waals surface area (Å²) in [6, 6.07) is 1.70. The van der Waals surface area contributed by atoms with Gasteiger partial charge in [-0.15, -0.1) is 0 Å². The molecular weight excluding hydrogens is 255 g/mol. The molecule has 104 valence electrons. The Labute approximate surface area is 109 Å². The summed E-state index contributed by atoms with van der Waals surface area (Å²) in [5.74, 6) is 0.290. The molecule has 1 aliphatic rings. The molecule has 0 spiro atoms. The van der Waals surface area contributed by atoms with Crippen LogP contribution < -0.4 is 5.49 Å². The van der Waals surface area contributed by atoms with Crippen molar-refractivity contribution in [1.29, 1.82) is 10.8 Å². The largest absolute Gasteiger partial charge is 0.416 e. The number of nitrogens with zero attached hydrogens (tertiary/aromatic N) is 1. The number of nitrogens with one attached hydrogen (secondary N) is 2. The summed E-state index contributed by atoms with van der Waals surface area (Å²) in [5.41, 5.74) is -1.13. The second kappa shape index (κ2) is 5.19. The Morgan fingerprint density at radius 1 is 1.21 bits per heavy atom. The molecular formula is C13H16F3N3. The van der Waals surface area contributed by atoms with E-state index in [-0.39, 0.29) is 17.2 Å². The van der Waals surface area contributed by atoms with Gasteiger partial charge >= 0.3 is 6.18 Å². The van der Waals surface area contributed by atoms with Crippen LogP contribution in [0.15, 0.2) is 18.3 Å². The van der Waals surface area contributed by atoms with Gasteiger partial charge in [-0.3, -0.25) is 15.4 Å². The first-order chi connectivity index (χ1) is 8.89. The fourth-order valence-corrected chi connectivity index (χ4v) is 2.46. The van der Waals surface area contributed by atoms with E-state index >= 15 is 0 Å². The van der Waals surface area contributed by atoms with Crippen LogP contribution in [0.1, 0.15) is 37.7 Å². The lowest BCUT2D eigenvalue weighted by Gasteiger charge is -2.23. The molecule has 3 nitrogen and oxygen atoms in total. The minimum Gasteiger partial charge on any atom is -0.290 e. The number of alkyl halides is 3. The van der Waals surface area contributed by atoms with Gasteiger partial charge in [0.2, 0.25) is 0 Å². The third-order valence-electron chi connectivity index (χ3n) is 3.53. The summed E-state index contributed by atoms with van der Waals surface area (Å²) >= 11 is 0. The number of hydrogen-bond donors (Lipinski definition) is 2. The SMILES string of the molecule is N=C(C1CCCCC1)n1ccc(C(F)(F)F)cc1=N. The molecule has 6 heteroatoms. The molecule has 19 heavy (non-hydrogen) atoms. The summed E-state index contributed by atoms with van der Waals surface area (Å²) < 4.78 is 38.8. The predicted molar refractivity (Wildman–Crippen MR) is 65.0 cm³/mol. The number of hydrogen-bond acceptors (Lipinski definition) is 2. The van der Waals surface area contributed by atoms with Crippen LogP contribution in [0.2, 0.25) is 0 Å². The number of halogens is 3. The van der Waals surface area contributed by atoms with Crippen molar-refractivity contribution in [3.05, 3.63) is 29.4 Å². The highest BCUT2D eigenvalue weighted by Crippen LogP contribution is 2.28. The average molecular weight is 271 g/mol. The number of aromatic nitrogens is 1. The topological polar surface area (TPSA) is 52.6 Å². The summed E-state index contributed by atoms with van der Waals surface area (Å²) in [7, 11) is 0. The van der Waals surface area contributed by atoms with Crippen LogP contribution in [0.5, 0.6) is 0 Å². The maximum Gasteiger partial charge on any atom is 0.416 e. The van der Waals surface area contributed by atoms with Crippen molar-refractivity contribution in [2.45, 2.75) is 38.3 Å². The molecule has 0 aliphatic heterocycles. The molecule has 0 radical (unpaired) electrons. The van der Waals surface area contributed by atoms with E-state index in [1.165, 1.54) is 10.8 Å². The first-order valence-electron chi connectivity index (χ1n) is 6.33. The first-order valence-corrected chi connectivity index (χ1v) is 6.33. The molecule has 2 N–H and O–H groups in total. The highest BCUT2D eigenvalue weighted by molar-refractivity contribution is 5.83. The van der Waals surface area contributed by atoms with Gasteiger partial charge in [-0.05, 0) is 25.0 Å². The minimum absolute atomic E-state index is 0.0552. The van der Waals surface area contributed by atoms with Gasteiger partial charge in [0.05, 0.1) is 5.56 Å². The van der Waals surface area contributed by atoms with Crippen LogP contribution in [-0.2, 0) is 6.18 Å². The van der Waals surface area contributed by atoms with Crippen molar-refractivity contribution in [2.24, 2.45) is 5.92 Å². The van der Waals surface area contributed by atoms with Gasteiger partial charge in [-0.25, -0.2) is 0 Å². The molecule has 0 unspecified atom stereocenters. The quantitative estimate of drug-likeness (QED) is 0.581. The molecule has 1 aliphatic carbocycles. The third kappa shape index (κ3) is 3.05. The van der Waals surface area contributed by atoms with E-state index in [4.69, 9.17) is 10.8 Å². The zero-order chi connectivity index (χ0) is 14.0. The molecule has 1 aromatic rings. The third-order valence-corrected chi connectivity index (χ3v) is 3.53. The standard InChI is InChI=1S/C13H16F3N3/c14-13(15,16)10-6-7-19(11(17)8-10)12(18)9-4-2-1-3-5-9/h6-9,17-18H,1-5H2. The second-order valence-electron chi connectivity index (χ2n) is 4.89. The molecule has 1 aromatic heterocycles. The Kier molecular flexibility index (Phi) is 3.78. The van der Waals surface area contributed by atoms with E-state index in [0.717, 1.165) is 44.2 Å². The zero-order valence-corrected chi connectivity index (χ0v) is 10.4. The summed E-state index contributed by atoms with van der Waals surface area (Å²) in [6.45, 7) is 0. The lowest BCUT2D eigenvalue weighted by molar-refractivity contribution is -0.137. The zero-order valence-electron chi connectivity index (χ0n) is 10.4. The fraction of sp³-hybridized carbons (Fsp3) is 0.538. The van der Waals surface area contributed by atoms with Crippen molar-refractivity contribution in [3.63, 3.8) is 0 Å². The van der Waals surface area contributed by atoms with E-state index < -0.39 is 11.7 Å². The average Bonchev–Trinajstić information content (AvgIpc) is 2.38. The van der Waals surface area contributed by atoms with Gasteiger partial charge in [0, 0.05) is 12.1 Å². The van der Waals surface area contributed by atoms with Crippen molar-refractivity contribution in [3.8, 4) is 0 Å². The van der Waals surface area contributed by atoms with E-state index in [9.17, 15) is 13.2 Å². The Hall–Kier alpha value is -1.59. The van der Waals surface area contributed by atoms with Crippen molar-refractivity contribution in [2.75, 3.05) is 0 Å². The van der Waals surface area contributed by atoms with E-state index in [0.29, 0.717) is 0 Å². The Bertz CT molecular complexity index is 525. The summed E-state index contributed by atoms with van der Waals surface area (Å²) in [4.78, 5) is 0. The van der Waals surface area contributed by atoms with E-state index in [2.05, 4.69) is 0 Å². The lowest BCUT2D eigenvalue weighted by Crippen LogP contribution is -2.33. The molecule has 1 saturated carbocycles. The van der Waals surface area contributed by atoms with E-state index in [1.807, 2.05) is 0 Å². The molecule has 2 rings (SSSR count). The van der Waals surface area contributed by atoms with Crippen LogP contribution in [0.25, 0.3) is 0 Å². The van der Waals surface area contributed by atoms with Crippen LogP contribution in [-0.4, -0.2) is 10.4 Å². The molecule has 0 saturated heterocycles. The molecule has 0 amide bonds. The van der Waals surface area contributed by atoms with Gasteiger partial charge in [0.1, 0.15) is 11.3 Å². The van der Waals surface area contributed by atoms with Crippen molar-refractivity contribution < 1.29 is 13.2 Å². The predicted octanol–water partition coefficient (Wildman–Crippen LogP) is 3.39. The van der Waals surface area contributed by atoms with Gasteiger partial charge in [0.25, 0.3) is 0 Å². The molecule has 0 bridgehead atoms. The summed E-state index contributed by atoms with van der Waals surface area (Å²) in [6.07, 6.45) is 1.74.